The number of nitrogens with zero attached hydrogens (tertiary/aromatic N) is 2. The van der Waals surface area contributed by atoms with E-state index >= 15 is 0 Å². The van der Waals surface area contributed by atoms with Crippen LogP contribution in [0, 0.1) is 5.82 Å². The highest BCUT2D eigenvalue weighted by Gasteiger charge is 2.38. The average molecular weight is 374 g/mol. The number of anilines is 1. The van der Waals surface area contributed by atoms with Crippen molar-refractivity contribution < 1.29 is 12.8 Å². The summed E-state index contributed by atoms with van der Waals surface area (Å²) in [6, 6.07) is 11.0. The molecule has 0 bridgehead atoms. The van der Waals surface area contributed by atoms with Crippen molar-refractivity contribution in [3.05, 3.63) is 53.8 Å². The molecule has 26 heavy (non-hydrogen) atoms. The van der Waals surface area contributed by atoms with Crippen molar-refractivity contribution in [3.63, 3.8) is 0 Å². The molecule has 1 unspecified atom stereocenters. The molecule has 1 fully saturated rings. The average Bonchev–Trinajstić information content (AvgIpc) is 2.75. The van der Waals surface area contributed by atoms with Gasteiger partial charge in [-0.05, 0) is 74.9 Å². The first kappa shape index (κ1) is 17.5. The molecule has 138 valence electrons. The SMILES string of the molecule is CN1CCC2[C@@H](CC1)c1cc(S(=O)(=O)c3cccc(F)c3)ccc1N2C. The van der Waals surface area contributed by atoms with Crippen LogP contribution >= 0.6 is 0 Å². The Hall–Kier alpha value is -1.92. The predicted octanol–water partition coefficient (Wildman–Crippen LogP) is 3.29. The number of fused-ring (bicyclic) bond motifs is 3. The van der Waals surface area contributed by atoms with Crippen molar-refractivity contribution in [1.82, 2.24) is 4.90 Å². The Labute approximate surface area is 154 Å². The van der Waals surface area contributed by atoms with Gasteiger partial charge in [-0.3, -0.25) is 0 Å². The lowest BCUT2D eigenvalue weighted by Crippen LogP contribution is -2.31. The second kappa shape index (κ2) is 6.35. The van der Waals surface area contributed by atoms with Crippen molar-refractivity contribution in [1.29, 1.82) is 0 Å². The molecule has 2 aliphatic rings. The first-order chi connectivity index (χ1) is 12.4. The molecule has 4 rings (SSSR count). The molecule has 0 spiro atoms. The maximum absolute atomic E-state index is 13.5. The minimum absolute atomic E-state index is 0.000881. The van der Waals surface area contributed by atoms with Crippen molar-refractivity contribution in [2.75, 3.05) is 32.1 Å². The van der Waals surface area contributed by atoms with Gasteiger partial charge in [0.2, 0.25) is 9.84 Å². The van der Waals surface area contributed by atoms with Gasteiger partial charge in [0, 0.05) is 24.7 Å². The van der Waals surface area contributed by atoms with Gasteiger partial charge >= 0.3 is 0 Å². The Morgan fingerprint density at radius 1 is 1.00 bits per heavy atom. The molecule has 2 aromatic rings. The van der Waals surface area contributed by atoms with Gasteiger partial charge in [0.1, 0.15) is 5.82 Å². The van der Waals surface area contributed by atoms with Crippen LogP contribution in [-0.2, 0) is 9.84 Å². The minimum atomic E-state index is -3.73. The van der Waals surface area contributed by atoms with Gasteiger partial charge in [0.05, 0.1) is 9.79 Å². The molecule has 2 atom stereocenters. The quantitative estimate of drug-likeness (QED) is 0.809. The third-order valence-corrected chi connectivity index (χ3v) is 7.53. The van der Waals surface area contributed by atoms with Crippen molar-refractivity contribution in [2.24, 2.45) is 0 Å². The number of halogens is 1. The van der Waals surface area contributed by atoms with Gasteiger partial charge in [0.25, 0.3) is 0 Å². The number of hydrogen-bond acceptors (Lipinski definition) is 4. The summed E-state index contributed by atoms with van der Waals surface area (Å²) in [4.78, 5) is 4.87. The van der Waals surface area contributed by atoms with Crippen LogP contribution < -0.4 is 4.90 Å². The summed E-state index contributed by atoms with van der Waals surface area (Å²) in [5.74, 6) is -0.207. The topological polar surface area (TPSA) is 40.6 Å². The van der Waals surface area contributed by atoms with E-state index in [0.717, 1.165) is 43.2 Å². The summed E-state index contributed by atoms with van der Waals surface area (Å²) in [6.07, 6.45) is 2.08. The van der Waals surface area contributed by atoms with Gasteiger partial charge in [-0.1, -0.05) is 6.07 Å². The summed E-state index contributed by atoms with van der Waals surface area (Å²) < 4.78 is 39.4. The van der Waals surface area contributed by atoms with E-state index in [9.17, 15) is 12.8 Å². The number of likely N-dealkylation sites (N-methyl/N-ethyl adjacent to an activating group) is 1. The zero-order chi connectivity index (χ0) is 18.5. The number of rotatable bonds is 2. The summed E-state index contributed by atoms with van der Waals surface area (Å²) in [6.45, 7) is 2.06. The van der Waals surface area contributed by atoms with Crippen LogP contribution in [0.2, 0.25) is 0 Å². The molecular formula is C20H23FN2O2S. The van der Waals surface area contributed by atoms with Gasteiger partial charge < -0.3 is 9.80 Å². The van der Waals surface area contributed by atoms with Gasteiger partial charge in [-0.25, -0.2) is 12.8 Å². The predicted molar refractivity (Wildman–Crippen MR) is 100.0 cm³/mol. The number of sulfone groups is 1. The third-order valence-electron chi connectivity index (χ3n) is 5.79. The first-order valence-corrected chi connectivity index (χ1v) is 10.4. The molecule has 0 N–H and O–H groups in total. The normalized spacial score (nSPS) is 23.4. The molecule has 0 amide bonds. The lowest BCUT2D eigenvalue weighted by molar-refractivity contribution is 0.345. The van der Waals surface area contributed by atoms with Gasteiger partial charge in [-0.2, -0.15) is 0 Å². The van der Waals surface area contributed by atoms with Gasteiger partial charge in [-0.15, -0.1) is 0 Å². The highest BCUT2D eigenvalue weighted by atomic mass is 32.2. The molecule has 2 heterocycles. The third kappa shape index (κ3) is 2.81. The molecule has 6 heteroatoms. The first-order valence-electron chi connectivity index (χ1n) is 8.94. The van der Waals surface area contributed by atoms with Crippen LogP contribution in [0.1, 0.15) is 24.3 Å². The van der Waals surface area contributed by atoms with Crippen molar-refractivity contribution in [3.8, 4) is 0 Å². The molecule has 0 saturated carbocycles. The second-order valence-corrected chi connectivity index (χ2v) is 9.30. The van der Waals surface area contributed by atoms with Crippen LogP contribution in [0.3, 0.4) is 0 Å². The fraction of sp³-hybridized carbons (Fsp3) is 0.400. The van der Waals surface area contributed by atoms with E-state index in [0.29, 0.717) is 12.0 Å². The Balaban J connectivity index is 1.76. The fourth-order valence-electron chi connectivity index (χ4n) is 4.31. The maximum Gasteiger partial charge on any atom is 0.206 e. The van der Waals surface area contributed by atoms with E-state index in [1.165, 1.54) is 18.2 Å². The summed E-state index contributed by atoms with van der Waals surface area (Å²) in [5, 5.41) is 0. The fourth-order valence-corrected chi connectivity index (χ4v) is 5.64. The van der Waals surface area contributed by atoms with Gasteiger partial charge in [0.15, 0.2) is 0 Å². The molecule has 1 saturated heterocycles. The van der Waals surface area contributed by atoms with Crippen molar-refractivity contribution >= 4 is 15.5 Å². The standard InChI is InChI=1S/C20H23FN2O2S/c1-22-10-8-17-18-13-16(6-7-19(18)23(2)20(17)9-11-22)26(24,25)15-5-3-4-14(21)12-15/h3-7,12-13,17,20H,8-11H2,1-2H3/t17-,20?/m0/s1. The van der Waals surface area contributed by atoms with Crippen LogP contribution in [0.5, 0.6) is 0 Å². The molecule has 2 aromatic carbocycles. The summed E-state index contributed by atoms with van der Waals surface area (Å²) in [5.41, 5.74) is 2.22. The molecule has 4 nitrogen and oxygen atoms in total. The zero-order valence-electron chi connectivity index (χ0n) is 15.0. The second-order valence-electron chi connectivity index (χ2n) is 7.35. The number of likely N-dealkylation sites (tertiary alicyclic amines) is 1. The van der Waals surface area contributed by atoms with Crippen LogP contribution in [0.4, 0.5) is 10.1 Å². The van der Waals surface area contributed by atoms with E-state index in [2.05, 4.69) is 23.9 Å². The van der Waals surface area contributed by atoms with E-state index in [4.69, 9.17) is 0 Å². The lowest BCUT2D eigenvalue weighted by Gasteiger charge is -2.25. The monoisotopic (exact) mass is 374 g/mol. The summed E-state index contributed by atoms with van der Waals surface area (Å²) in [7, 11) is 0.497. The number of hydrogen-bond donors (Lipinski definition) is 0. The van der Waals surface area contributed by atoms with Crippen molar-refractivity contribution in [2.45, 2.75) is 34.6 Å². The molecular weight excluding hydrogens is 351 g/mol. The zero-order valence-corrected chi connectivity index (χ0v) is 15.8. The summed E-state index contributed by atoms with van der Waals surface area (Å²) >= 11 is 0. The molecule has 2 aliphatic heterocycles. The lowest BCUT2D eigenvalue weighted by atomic mass is 9.91. The van der Waals surface area contributed by atoms with E-state index < -0.39 is 15.7 Å². The highest BCUT2D eigenvalue weighted by Crippen LogP contribution is 2.45. The largest absolute Gasteiger partial charge is 0.371 e. The number of benzene rings is 2. The van der Waals surface area contributed by atoms with E-state index in [1.807, 2.05) is 12.1 Å². The molecule has 0 radical (unpaired) electrons. The Morgan fingerprint density at radius 3 is 2.50 bits per heavy atom. The highest BCUT2D eigenvalue weighted by molar-refractivity contribution is 7.91. The Kier molecular flexibility index (Phi) is 4.28. The molecule has 0 aliphatic carbocycles. The smallest absolute Gasteiger partial charge is 0.206 e. The van der Waals surface area contributed by atoms with Crippen LogP contribution in [0.15, 0.2) is 52.3 Å². The van der Waals surface area contributed by atoms with E-state index in [-0.39, 0.29) is 9.79 Å². The molecule has 0 aromatic heterocycles. The maximum atomic E-state index is 13.5. The van der Waals surface area contributed by atoms with E-state index in [1.54, 1.807) is 6.07 Å². The minimum Gasteiger partial charge on any atom is -0.371 e. The Bertz CT molecular complexity index is 945. The van der Waals surface area contributed by atoms with Crippen LogP contribution in [0.25, 0.3) is 0 Å². The Morgan fingerprint density at radius 2 is 1.73 bits per heavy atom. The van der Waals surface area contributed by atoms with Crippen LogP contribution in [-0.4, -0.2) is 46.5 Å².